The van der Waals surface area contributed by atoms with Crippen LogP contribution in [0.2, 0.25) is 5.02 Å². The number of aromatic nitrogens is 1. The van der Waals surface area contributed by atoms with Gasteiger partial charge in [0.05, 0.1) is 18.3 Å². The average molecular weight is 442 g/mol. The summed E-state index contributed by atoms with van der Waals surface area (Å²) in [5, 5.41) is 3.70. The zero-order chi connectivity index (χ0) is 22.2. The summed E-state index contributed by atoms with van der Waals surface area (Å²) in [6.07, 6.45) is 2.07. The maximum Gasteiger partial charge on any atom is 0.322 e. The molecule has 0 saturated carbocycles. The van der Waals surface area contributed by atoms with E-state index in [9.17, 15) is 4.79 Å². The molecule has 5 rings (SSSR count). The first-order valence-electron chi connectivity index (χ1n) is 10.7. The minimum atomic E-state index is -0.238. The molecule has 1 N–H and O–H groups in total. The third-order valence-corrected chi connectivity index (χ3v) is 6.29. The van der Waals surface area contributed by atoms with Crippen LogP contribution >= 0.6 is 11.6 Å². The van der Waals surface area contributed by atoms with Gasteiger partial charge in [-0.2, -0.15) is 0 Å². The van der Waals surface area contributed by atoms with Crippen LogP contribution in [0.3, 0.4) is 0 Å². The van der Waals surface area contributed by atoms with Gasteiger partial charge in [0, 0.05) is 22.6 Å². The van der Waals surface area contributed by atoms with Crippen molar-refractivity contribution in [2.24, 2.45) is 0 Å². The van der Waals surface area contributed by atoms with Gasteiger partial charge in [0.1, 0.15) is 0 Å². The van der Waals surface area contributed by atoms with E-state index in [2.05, 4.69) is 65.5 Å². The number of hydrogen-bond acceptors (Lipinski definition) is 1. The Morgan fingerprint density at radius 3 is 2.56 bits per heavy atom. The van der Waals surface area contributed by atoms with Gasteiger partial charge in [0.2, 0.25) is 0 Å². The van der Waals surface area contributed by atoms with Gasteiger partial charge in [-0.3, -0.25) is 0 Å². The predicted octanol–water partition coefficient (Wildman–Crippen LogP) is 6.88. The number of fused-ring (bicyclic) bond motifs is 3. The van der Waals surface area contributed by atoms with E-state index in [1.807, 2.05) is 42.2 Å². The molecule has 2 amide bonds. The Bertz CT molecular complexity index is 1290. The Hall–Kier alpha value is -3.50. The third kappa shape index (κ3) is 3.67. The van der Waals surface area contributed by atoms with Crippen molar-refractivity contribution in [3.05, 3.63) is 118 Å². The third-order valence-electron chi connectivity index (χ3n) is 6.06. The molecule has 0 fully saturated rings. The molecule has 160 valence electrons. The maximum absolute atomic E-state index is 13.7. The summed E-state index contributed by atoms with van der Waals surface area (Å²) in [7, 11) is 0. The zero-order valence-corrected chi connectivity index (χ0v) is 18.8. The normalized spacial score (nSPS) is 15.0. The number of aryl methyl sites for hydroxylation is 2. The summed E-state index contributed by atoms with van der Waals surface area (Å²) in [6, 6.07) is 25.9. The number of rotatable bonds is 2. The summed E-state index contributed by atoms with van der Waals surface area (Å²) in [5.41, 5.74) is 7.19. The number of nitrogens with one attached hydrogen (secondary N) is 1. The lowest BCUT2D eigenvalue weighted by molar-refractivity contribution is 0.194. The number of carbonyl (C=O) groups is 1. The fourth-order valence-electron chi connectivity index (χ4n) is 4.35. The van der Waals surface area contributed by atoms with Crippen LogP contribution in [0.1, 0.15) is 34.0 Å². The van der Waals surface area contributed by atoms with Crippen LogP contribution < -0.4 is 5.32 Å². The number of nitrogens with zero attached hydrogens (tertiary/aromatic N) is 2. The van der Waals surface area contributed by atoms with E-state index >= 15 is 0 Å². The highest BCUT2D eigenvalue weighted by molar-refractivity contribution is 6.31. The fourth-order valence-corrected chi connectivity index (χ4v) is 4.53. The lowest BCUT2D eigenvalue weighted by Crippen LogP contribution is -2.38. The lowest BCUT2D eigenvalue weighted by atomic mass is 10.0. The Kier molecular flexibility index (Phi) is 5.24. The number of halogens is 1. The Morgan fingerprint density at radius 1 is 0.969 bits per heavy atom. The smallest absolute Gasteiger partial charge is 0.318 e. The summed E-state index contributed by atoms with van der Waals surface area (Å²) < 4.78 is 2.19. The van der Waals surface area contributed by atoms with E-state index in [-0.39, 0.29) is 12.1 Å². The van der Waals surface area contributed by atoms with Crippen LogP contribution in [0.25, 0.3) is 5.69 Å². The van der Waals surface area contributed by atoms with Crippen LogP contribution in [0.5, 0.6) is 0 Å². The minimum absolute atomic E-state index is 0.162. The van der Waals surface area contributed by atoms with Crippen molar-refractivity contribution in [2.45, 2.75) is 26.4 Å². The van der Waals surface area contributed by atoms with Gasteiger partial charge in [0.15, 0.2) is 0 Å². The molecule has 4 aromatic rings. The first-order chi connectivity index (χ1) is 15.5. The Morgan fingerprint density at radius 2 is 1.75 bits per heavy atom. The molecular formula is C27H24ClN3O. The molecule has 0 unspecified atom stereocenters. The molecule has 0 aliphatic carbocycles. The number of benzene rings is 3. The molecule has 1 aliphatic rings. The number of anilines is 1. The minimum Gasteiger partial charge on any atom is -0.318 e. The molecule has 2 heterocycles. The van der Waals surface area contributed by atoms with Crippen molar-refractivity contribution in [3.8, 4) is 5.69 Å². The molecule has 4 nitrogen and oxygen atoms in total. The summed E-state index contributed by atoms with van der Waals surface area (Å²) in [4.78, 5) is 15.6. The highest BCUT2D eigenvalue weighted by atomic mass is 35.5. The fraction of sp³-hybridized carbons (Fsp3) is 0.148. The monoisotopic (exact) mass is 441 g/mol. The standard InChI is InChI=1S/C27H24ClN3O/c1-18-9-12-20(13-10-18)26-25-8-5-15-30(25)24-7-4-3-6-21(24)17-31(26)27(32)29-23-16-22(28)14-11-19(23)2/h3-16,26H,17H2,1-2H3,(H,29,32)/t26-/m1/s1. The molecule has 1 atom stereocenters. The van der Waals surface area contributed by atoms with E-state index in [1.165, 1.54) is 5.56 Å². The second kappa shape index (κ2) is 8.21. The van der Waals surface area contributed by atoms with Crippen LogP contribution in [-0.4, -0.2) is 15.5 Å². The summed E-state index contributed by atoms with van der Waals surface area (Å²) >= 11 is 6.20. The molecule has 3 aromatic carbocycles. The second-order valence-corrected chi connectivity index (χ2v) is 8.70. The molecule has 0 radical (unpaired) electrons. The van der Waals surface area contributed by atoms with Crippen LogP contribution in [0.15, 0.2) is 85.1 Å². The molecule has 0 bridgehead atoms. The van der Waals surface area contributed by atoms with Crippen LogP contribution in [-0.2, 0) is 6.54 Å². The van der Waals surface area contributed by atoms with Crippen molar-refractivity contribution >= 4 is 23.3 Å². The van der Waals surface area contributed by atoms with Crippen molar-refractivity contribution in [2.75, 3.05) is 5.32 Å². The van der Waals surface area contributed by atoms with Crippen molar-refractivity contribution in [1.82, 2.24) is 9.47 Å². The first kappa shape index (κ1) is 20.4. The highest BCUT2D eigenvalue weighted by Gasteiger charge is 2.33. The summed E-state index contributed by atoms with van der Waals surface area (Å²) in [5.74, 6) is 0. The van der Waals surface area contributed by atoms with E-state index in [0.717, 1.165) is 33.8 Å². The largest absolute Gasteiger partial charge is 0.322 e. The molecule has 0 spiro atoms. The lowest BCUT2D eigenvalue weighted by Gasteiger charge is -2.31. The van der Waals surface area contributed by atoms with Crippen molar-refractivity contribution in [1.29, 1.82) is 0 Å². The average Bonchev–Trinajstić information content (AvgIpc) is 3.21. The number of amides is 2. The summed E-state index contributed by atoms with van der Waals surface area (Å²) in [6.45, 7) is 4.52. The number of hydrogen-bond donors (Lipinski definition) is 1. The molecule has 0 saturated heterocycles. The maximum atomic E-state index is 13.7. The molecule has 32 heavy (non-hydrogen) atoms. The van der Waals surface area contributed by atoms with Gasteiger partial charge in [0.25, 0.3) is 0 Å². The quantitative estimate of drug-likeness (QED) is 0.361. The van der Waals surface area contributed by atoms with Crippen LogP contribution in [0.4, 0.5) is 10.5 Å². The Balaban J connectivity index is 1.63. The van der Waals surface area contributed by atoms with Gasteiger partial charge in [-0.05, 0) is 60.9 Å². The van der Waals surface area contributed by atoms with Gasteiger partial charge in [-0.15, -0.1) is 0 Å². The van der Waals surface area contributed by atoms with Gasteiger partial charge in [-0.25, -0.2) is 4.79 Å². The van der Waals surface area contributed by atoms with Gasteiger partial charge in [-0.1, -0.05) is 65.7 Å². The van der Waals surface area contributed by atoms with Gasteiger partial charge >= 0.3 is 6.03 Å². The van der Waals surface area contributed by atoms with E-state index in [1.54, 1.807) is 6.07 Å². The van der Waals surface area contributed by atoms with E-state index in [0.29, 0.717) is 11.6 Å². The van der Waals surface area contributed by atoms with E-state index in [4.69, 9.17) is 11.6 Å². The van der Waals surface area contributed by atoms with Gasteiger partial charge < -0.3 is 14.8 Å². The number of para-hydroxylation sites is 1. The number of urea groups is 1. The van der Waals surface area contributed by atoms with Crippen LogP contribution in [0, 0.1) is 13.8 Å². The second-order valence-electron chi connectivity index (χ2n) is 8.26. The molecular weight excluding hydrogens is 418 g/mol. The SMILES string of the molecule is Cc1ccc([C@@H]2c3cccn3-c3ccccc3CN2C(=O)Nc2cc(Cl)ccc2C)cc1. The van der Waals surface area contributed by atoms with Crippen molar-refractivity contribution in [3.63, 3.8) is 0 Å². The topological polar surface area (TPSA) is 37.3 Å². The molecule has 1 aliphatic heterocycles. The highest BCUT2D eigenvalue weighted by Crippen LogP contribution is 2.37. The first-order valence-corrected chi connectivity index (χ1v) is 11.0. The van der Waals surface area contributed by atoms with Crippen molar-refractivity contribution < 1.29 is 4.79 Å². The Labute approximate surface area is 193 Å². The molecule has 1 aromatic heterocycles. The van der Waals surface area contributed by atoms with E-state index < -0.39 is 0 Å². The zero-order valence-electron chi connectivity index (χ0n) is 18.0. The predicted molar refractivity (Wildman–Crippen MR) is 130 cm³/mol. The molecule has 5 heteroatoms. The number of carbonyl (C=O) groups excluding carboxylic acids is 1.